The molecule has 142 valence electrons. The molecule has 0 saturated heterocycles. The first-order chi connectivity index (χ1) is 13.6. The van der Waals surface area contributed by atoms with Crippen molar-refractivity contribution >= 4 is 28.4 Å². The van der Waals surface area contributed by atoms with E-state index < -0.39 is 5.91 Å². The molecule has 4 aromatic rings. The van der Waals surface area contributed by atoms with E-state index in [1.54, 1.807) is 12.1 Å². The maximum absolute atomic E-state index is 12.9. The number of aromatic nitrogens is 3. The lowest BCUT2D eigenvalue weighted by Gasteiger charge is -2.02. The van der Waals surface area contributed by atoms with Crippen molar-refractivity contribution < 1.29 is 13.7 Å². The molecule has 0 unspecified atom stereocenters. The van der Waals surface area contributed by atoms with E-state index in [2.05, 4.69) is 20.4 Å². The van der Waals surface area contributed by atoms with Crippen molar-refractivity contribution in [3.05, 3.63) is 82.3 Å². The number of aromatic amines is 1. The molecule has 6 nitrogen and oxygen atoms in total. The minimum Gasteiger partial charge on any atom is -0.361 e. The summed E-state index contributed by atoms with van der Waals surface area (Å²) >= 11 is 6.05. The Morgan fingerprint density at radius 1 is 1.21 bits per heavy atom. The average molecular weight is 399 g/mol. The number of carbonyl (C=O) groups is 1. The van der Waals surface area contributed by atoms with Crippen molar-refractivity contribution in [3.63, 3.8) is 0 Å². The van der Waals surface area contributed by atoms with Crippen LogP contribution in [0.25, 0.3) is 10.9 Å². The molecule has 0 atom stereocenters. The van der Waals surface area contributed by atoms with Crippen molar-refractivity contribution in [2.24, 2.45) is 0 Å². The summed E-state index contributed by atoms with van der Waals surface area (Å²) in [6, 6.07) is 11.6. The number of halogens is 2. The van der Waals surface area contributed by atoms with E-state index in [9.17, 15) is 9.18 Å². The number of hydrogen-bond acceptors (Lipinski definition) is 4. The maximum Gasteiger partial charge on any atom is 0.292 e. The van der Waals surface area contributed by atoms with Crippen LogP contribution in [0.4, 0.5) is 4.39 Å². The van der Waals surface area contributed by atoms with Gasteiger partial charge in [-0.25, -0.2) is 4.39 Å². The predicted octanol–water partition coefficient (Wildman–Crippen LogP) is 3.91. The second-order valence-corrected chi connectivity index (χ2v) is 6.76. The third-order valence-corrected chi connectivity index (χ3v) is 4.58. The molecule has 2 aromatic carbocycles. The van der Waals surface area contributed by atoms with E-state index >= 15 is 0 Å². The minimum atomic E-state index is -0.410. The quantitative estimate of drug-likeness (QED) is 0.516. The van der Waals surface area contributed by atoms with Gasteiger partial charge >= 0.3 is 0 Å². The summed E-state index contributed by atoms with van der Waals surface area (Å²) < 4.78 is 18.1. The number of fused-ring (bicyclic) bond motifs is 1. The predicted molar refractivity (Wildman–Crippen MR) is 103 cm³/mol. The van der Waals surface area contributed by atoms with E-state index in [4.69, 9.17) is 16.1 Å². The summed E-state index contributed by atoms with van der Waals surface area (Å²) in [7, 11) is 0. The number of nitrogens with zero attached hydrogens (tertiary/aromatic N) is 2. The molecule has 2 N–H and O–H groups in total. The van der Waals surface area contributed by atoms with Crippen molar-refractivity contribution in [2.75, 3.05) is 6.54 Å². The number of hydrogen-bond donors (Lipinski definition) is 2. The topological polar surface area (TPSA) is 83.8 Å². The van der Waals surface area contributed by atoms with Crippen LogP contribution in [0.2, 0.25) is 5.02 Å². The maximum atomic E-state index is 12.9. The first-order valence-corrected chi connectivity index (χ1v) is 9.07. The van der Waals surface area contributed by atoms with Gasteiger partial charge in [0.1, 0.15) is 5.82 Å². The Labute approximate surface area is 164 Å². The van der Waals surface area contributed by atoms with Crippen molar-refractivity contribution in [2.45, 2.75) is 12.8 Å². The Kier molecular flexibility index (Phi) is 5.08. The Bertz CT molecular complexity index is 1120. The van der Waals surface area contributed by atoms with Gasteiger partial charge in [0.05, 0.1) is 6.42 Å². The van der Waals surface area contributed by atoms with Crippen LogP contribution in [-0.2, 0) is 12.8 Å². The number of amides is 1. The first kappa shape index (κ1) is 18.2. The van der Waals surface area contributed by atoms with Crippen LogP contribution in [0.1, 0.15) is 27.6 Å². The van der Waals surface area contributed by atoms with Crippen LogP contribution >= 0.6 is 11.6 Å². The molecule has 0 spiro atoms. The van der Waals surface area contributed by atoms with Crippen LogP contribution in [0.3, 0.4) is 0 Å². The average Bonchev–Trinajstić information content (AvgIpc) is 3.31. The minimum absolute atomic E-state index is 0.0286. The third kappa shape index (κ3) is 4.04. The van der Waals surface area contributed by atoms with Gasteiger partial charge < -0.3 is 14.8 Å². The van der Waals surface area contributed by atoms with Gasteiger partial charge in [0.25, 0.3) is 11.7 Å². The highest BCUT2D eigenvalue weighted by Crippen LogP contribution is 2.22. The smallest absolute Gasteiger partial charge is 0.292 e. The van der Waals surface area contributed by atoms with Crippen molar-refractivity contribution in [1.82, 2.24) is 20.4 Å². The number of carbonyl (C=O) groups excluding carboxylic acids is 1. The molecule has 0 saturated carbocycles. The van der Waals surface area contributed by atoms with Crippen LogP contribution in [0.15, 0.2) is 53.2 Å². The summed E-state index contributed by atoms with van der Waals surface area (Å²) in [6.45, 7) is 0.417. The second kappa shape index (κ2) is 7.82. The largest absolute Gasteiger partial charge is 0.361 e. The standard InChI is InChI=1S/C20H16ClFN4O2/c21-14-3-6-17-16(10-14)13(11-24-17)7-8-23-20(27)19-25-18(28-26-19)9-12-1-4-15(22)5-2-12/h1-6,10-11,24H,7-9H2,(H,23,27). The number of benzene rings is 2. The zero-order valence-corrected chi connectivity index (χ0v) is 15.5. The monoisotopic (exact) mass is 398 g/mol. The molecule has 4 rings (SSSR count). The summed E-state index contributed by atoms with van der Waals surface area (Å²) in [5.74, 6) is -0.457. The SMILES string of the molecule is O=C(NCCc1c[nH]c2ccc(Cl)cc12)c1noc(Cc2ccc(F)cc2)n1. The Morgan fingerprint density at radius 2 is 2.04 bits per heavy atom. The highest BCUT2D eigenvalue weighted by atomic mass is 35.5. The van der Waals surface area contributed by atoms with Gasteiger partial charge in [-0.1, -0.05) is 28.9 Å². The fourth-order valence-electron chi connectivity index (χ4n) is 2.94. The number of rotatable bonds is 6. The zero-order chi connectivity index (χ0) is 19.5. The zero-order valence-electron chi connectivity index (χ0n) is 14.7. The van der Waals surface area contributed by atoms with Gasteiger partial charge in [-0.05, 0) is 47.9 Å². The van der Waals surface area contributed by atoms with Gasteiger partial charge in [0, 0.05) is 28.7 Å². The number of H-pyrrole nitrogens is 1. The molecule has 0 aliphatic heterocycles. The molecule has 0 aliphatic rings. The fourth-order valence-corrected chi connectivity index (χ4v) is 3.12. The molecular weight excluding hydrogens is 383 g/mol. The summed E-state index contributed by atoms with van der Waals surface area (Å²) in [5.41, 5.74) is 2.87. The fraction of sp³-hybridized carbons (Fsp3) is 0.150. The van der Waals surface area contributed by atoms with E-state index in [0.29, 0.717) is 30.3 Å². The molecule has 28 heavy (non-hydrogen) atoms. The van der Waals surface area contributed by atoms with Crippen LogP contribution in [-0.4, -0.2) is 27.6 Å². The van der Waals surface area contributed by atoms with Gasteiger partial charge in [0.2, 0.25) is 5.89 Å². The highest BCUT2D eigenvalue weighted by molar-refractivity contribution is 6.31. The Hall–Kier alpha value is -3.19. The molecule has 0 fully saturated rings. The normalized spacial score (nSPS) is 11.1. The summed E-state index contributed by atoms with van der Waals surface area (Å²) in [6.07, 6.45) is 2.87. The molecule has 0 aliphatic carbocycles. The van der Waals surface area contributed by atoms with Gasteiger partial charge in [-0.2, -0.15) is 4.98 Å². The lowest BCUT2D eigenvalue weighted by Crippen LogP contribution is -2.26. The molecule has 2 heterocycles. The van der Waals surface area contributed by atoms with Gasteiger partial charge in [-0.3, -0.25) is 4.79 Å². The lowest BCUT2D eigenvalue weighted by molar-refractivity contribution is 0.0941. The molecule has 8 heteroatoms. The van der Waals surface area contributed by atoms with Crippen LogP contribution < -0.4 is 5.32 Å². The van der Waals surface area contributed by atoms with Crippen LogP contribution in [0.5, 0.6) is 0 Å². The molecule has 0 bridgehead atoms. The Balaban J connectivity index is 1.34. The van der Waals surface area contributed by atoms with Gasteiger partial charge in [0.15, 0.2) is 0 Å². The molecule has 1 amide bonds. The van der Waals surface area contributed by atoms with E-state index in [0.717, 1.165) is 22.0 Å². The highest BCUT2D eigenvalue weighted by Gasteiger charge is 2.15. The van der Waals surface area contributed by atoms with E-state index in [1.165, 1.54) is 12.1 Å². The Morgan fingerprint density at radius 3 is 2.86 bits per heavy atom. The van der Waals surface area contributed by atoms with E-state index in [1.807, 2.05) is 24.4 Å². The third-order valence-electron chi connectivity index (χ3n) is 4.35. The van der Waals surface area contributed by atoms with Gasteiger partial charge in [-0.15, -0.1) is 0 Å². The summed E-state index contributed by atoms with van der Waals surface area (Å²) in [5, 5.41) is 8.19. The van der Waals surface area contributed by atoms with Crippen LogP contribution in [0, 0.1) is 5.82 Å². The first-order valence-electron chi connectivity index (χ1n) is 8.69. The van der Waals surface area contributed by atoms with Crippen molar-refractivity contribution in [1.29, 1.82) is 0 Å². The molecule has 2 aromatic heterocycles. The van der Waals surface area contributed by atoms with Crippen molar-refractivity contribution in [3.8, 4) is 0 Å². The van der Waals surface area contributed by atoms with E-state index in [-0.39, 0.29) is 11.6 Å². The molecule has 0 radical (unpaired) electrons. The lowest BCUT2D eigenvalue weighted by atomic mass is 10.1. The number of nitrogens with one attached hydrogen (secondary N) is 2. The molecular formula is C20H16ClFN4O2. The summed E-state index contributed by atoms with van der Waals surface area (Å²) in [4.78, 5) is 19.5. The second-order valence-electron chi connectivity index (χ2n) is 6.32.